The third-order valence-corrected chi connectivity index (χ3v) is 5.92. The number of rotatable bonds is 7. The number of pyridine rings is 1. The number of sulfonamides is 1. The lowest BCUT2D eigenvalue weighted by Gasteiger charge is -2.15. The average molecular weight is 383 g/mol. The van der Waals surface area contributed by atoms with Crippen LogP contribution in [0.1, 0.15) is 18.4 Å². The second-order valence-electron chi connectivity index (χ2n) is 5.87. The topological polar surface area (TPSA) is 71.5 Å². The summed E-state index contributed by atoms with van der Waals surface area (Å²) in [7, 11) is -3.48. The van der Waals surface area contributed by atoms with Gasteiger partial charge < -0.3 is 10.1 Å². The second kappa shape index (κ2) is 7.96. The number of benzene rings is 1. The summed E-state index contributed by atoms with van der Waals surface area (Å²) in [5, 5.41) is 3.03. The zero-order valence-corrected chi connectivity index (χ0v) is 14.8. The lowest BCUT2D eigenvalue weighted by Crippen LogP contribution is -2.27. The zero-order valence-electron chi connectivity index (χ0n) is 13.9. The van der Waals surface area contributed by atoms with Crippen LogP contribution in [-0.4, -0.2) is 37.4 Å². The van der Waals surface area contributed by atoms with Crippen molar-refractivity contribution in [2.24, 2.45) is 0 Å². The monoisotopic (exact) mass is 383 g/mol. The van der Waals surface area contributed by atoms with Crippen LogP contribution in [-0.2, 0) is 16.6 Å². The van der Waals surface area contributed by atoms with Crippen LogP contribution >= 0.6 is 0 Å². The molecule has 3 rings (SSSR count). The van der Waals surface area contributed by atoms with Crippen molar-refractivity contribution in [3.63, 3.8) is 0 Å². The van der Waals surface area contributed by atoms with Crippen LogP contribution in [0.25, 0.3) is 0 Å². The van der Waals surface area contributed by atoms with Crippen molar-refractivity contribution in [2.45, 2.75) is 30.9 Å². The molecular weight excluding hydrogens is 364 g/mol. The van der Waals surface area contributed by atoms with E-state index in [4.69, 9.17) is 0 Å². The average Bonchev–Trinajstić information content (AvgIpc) is 3.16. The molecule has 0 saturated carbocycles. The predicted octanol–water partition coefficient (Wildman–Crippen LogP) is 3.08. The Hall–Kier alpha value is -2.26. The molecule has 140 valence electrons. The van der Waals surface area contributed by atoms with Crippen LogP contribution in [0.2, 0.25) is 0 Å². The number of halogens is 2. The molecule has 0 aliphatic carbocycles. The summed E-state index contributed by atoms with van der Waals surface area (Å²) < 4.78 is 55.2. The van der Waals surface area contributed by atoms with Crippen molar-refractivity contribution in [1.82, 2.24) is 9.29 Å². The number of alkyl halides is 2. The van der Waals surface area contributed by atoms with E-state index in [0.717, 1.165) is 18.4 Å². The Morgan fingerprint density at radius 1 is 1.19 bits per heavy atom. The minimum Gasteiger partial charge on any atom is -0.435 e. The van der Waals surface area contributed by atoms with Crippen molar-refractivity contribution < 1.29 is 21.9 Å². The van der Waals surface area contributed by atoms with Gasteiger partial charge >= 0.3 is 6.61 Å². The Kier molecular flexibility index (Phi) is 5.67. The van der Waals surface area contributed by atoms with Crippen LogP contribution in [0.4, 0.5) is 14.6 Å². The highest BCUT2D eigenvalue weighted by Crippen LogP contribution is 2.21. The van der Waals surface area contributed by atoms with Gasteiger partial charge in [0.1, 0.15) is 16.5 Å². The van der Waals surface area contributed by atoms with E-state index in [-0.39, 0.29) is 10.6 Å². The van der Waals surface area contributed by atoms with Gasteiger partial charge in [-0.05, 0) is 42.7 Å². The number of nitrogens with zero attached hydrogens (tertiary/aromatic N) is 2. The lowest BCUT2D eigenvalue weighted by molar-refractivity contribution is -0.0498. The highest BCUT2D eigenvalue weighted by Gasteiger charge is 2.27. The summed E-state index contributed by atoms with van der Waals surface area (Å²) in [5.41, 5.74) is 0.735. The molecule has 0 spiro atoms. The van der Waals surface area contributed by atoms with E-state index in [0.29, 0.717) is 25.5 Å². The minimum atomic E-state index is -3.48. The SMILES string of the molecule is O=S(=O)(c1ccc(NCc2cccc(OC(F)F)c2)nc1)N1CCCC1. The second-order valence-corrected chi connectivity index (χ2v) is 7.81. The highest BCUT2D eigenvalue weighted by atomic mass is 32.2. The molecule has 1 aliphatic rings. The summed E-state index contributed by atoms with van der Waals surface area (Å²) in [4.78, 5) is 4.30. The standard InChI is InChI=1S/C17H19F2N3O3S/c18-17(19)25-14-5-3-4-13(10-14)11-20-16-7-6-15(12-21-16)26(23,24)22-8-1-2-9-22/h3-7,10,12,17H,1-2,8-9,11H2,(H,20,21). The van der Waals surface area contributed by atoms with E-state index in [9.17, 15) is 17.2 Å². The van der Waals surface area contributed by atoms with Gasteiger partial charge in [-0.25, -0.2) is 13.4 Å². The molecule has 0 radical (unpaired) electrons. The first-order chi connectivity index (χ1) is 12.4. The smallest absolute Gasteiger partial charge is 0.387 e. The third-order valence-electron chi connectivity index (χ3n) is 4.04. The largest absolute Gasteiger partial charge is 0.435 e. The zero-order chi connectivity index (χ0) is 18.6. The van der Waals surface area contributed by atoms with Crippen LogP contribution in [0, 0.1) is 0 Å². The summed E-state index contributed by atoms with van der Waals surface area (Å²) in [6.07, 6.45) is 3.08. The Balaban J connectivity index is 1.63. The molecule has 0 amide bonds. The van der Waals surface area contributed by atoms with E-state index < -0.39 is 16.6 Å². The van der Waals surface area contributed by atoms with E-state index >= 15 is 0 Å². The molecule has 1 aliphatic heterocycles. The van der Waals surface area contributed by atoms with Gasteiger partial charge in [0.2, 0.25) is 10.0 Å². The van der Waals surface area contributed by atoms with Crippen molar-refractivity contribution in [2.75, 3.05) is 18.4 Å². The molecule has 1 saturated heterocycles. The van der Waals surface area contributed by atoms with Crippen LogP contribution < -0.4 is 10.1 Å². The Morgan fingerprint density at radius 2 is 1.96 bits per heavy atom. The Bertz CT molecular complexity index is 839. The maximum atomic E-state index is 12.4. The molecule has 1 aromatic heterocycles. The first-order valence-corrected chi connectivity index (χ1v) is 9.63. The summed E-state index contributed by atoms with van der Waals surface area (Å²) in [6.45, 7) is -1.45. The normalized spacial score (nSPS) is 15.3. The molecule has 6 nitrogen and oxygen atoms in total. The number of anilines is 1. The van der Waals surface area contributed by atoms with E-state index in [1.54, 1.807) is 18.2 Å². The number of hydrogen-bond acceptors (Lipinski definition) is 5. The third kappa shape index (κ3) is 4.47. The maximum Gasteiger partial charge on any atom is 0.387 e. The number of ether oxygens (including phenoxy) is 1. The minimum absolute atomic E-state index is 0.0827. The number of hydrogen-bond donors (Lipinski definition) is 1. The first kappa shape index (κ1) is 18.5. The molecule has 0 unspecified atom stereocenters. The van der Waals surface area contributed by atoms with Crippen LogP contribution in [0.5, 0.6) is 5.75 Å². The van der Waals surface area contributed by atoms with Gasteiger partial charge in [0, 0.05) is 25.8 Å². The van der Waals surface area contributed by atoms with Gasteiger partial charge in [-0.1, -0.05) is 12.1 Å². The van der Waals surface area contributed by atoms with Gasteiger partial charge in [0.15, 0.2) is 0 Å². The molecule has 0 bridgehead atoms. The first-order valence-electron chi connectivity index (χ1n) is 8.19. The molecule has 9 heteroatoms. The van der Waals surface area contributed by atoms with E-state index in [1.165, 1.54) is 28.7 Å². The van der Waals surface area contributed by atoms with Gasteiger partial charge in [0.05, 0.1) is 0 Å². The van der Waals surface area contributed by atoms with Crippen molar-refractivity contribution in [1.29, 1.82) is 0 Å². The quantitative estimate of drug-likeness (QED) is 0.796. The Morgan fingerprint density at radius 3 is 2.62 bits per heavy atom. The molecular formula is C17H19F2N3O3S. The van der Waals surface area contributed by atoms with Crippen molar-refractivity contribution in [3.05, 3.63) is 48.2 Å². The summed E-state index contributed by atoms with van der Waals surface area (Å²) in [5.74, 6) is 0.574. The summed E-state index contributed by atoms with van der Waals surface area (Å²) >= 11 is 0. The molecule has 1 N–H and O–H groups in total. The number of aromatic nitrogens is 1. The van der Waals surface area contributed by atoms with Gasteiger partial charge in [-0.3, -0.25) is 0 Å². The highest BCUT2D eigenvalue weighted by molar-refractivity contribution is 7.89. The molecule has 2 aromatic rings. The fourth-order valence-corrected chi connectivity index (χ4v) is 4.20. The molecule has 0 atom stereocenters. The van der Waals surface area contributed by atoms with E-state index in [2.05, 4.69) is 15.0 Å². The van der Waals surface area contributed by atoms with Gasteiger partial charge in [0.25, 0.3) is 0 Å². The number of nitrogens with one attached hydrogen (secondary N) is 1. The van der Waals surface area contributed by atoms with Crippen LogP contribution in [0.3, 0.4) is 0 Å². The molecule has 2 heterocycles. The lowest BCUT2D eigenvalue weighted by atomic mass is 10.2. The van der Waals surface area contributed by atoms with Gasteiger partial charge in [-0.2, -0.15) is 13.1 Å². The fraction of sp³-hybridized carbons (Fsp3) is 0.353. The van der Waals surface area contributed by atoms with Crippen LogP contribution in [0.15, 0.2) is 47.5 Å². The summed E-state index contributed by atoms with van der Waals surface area (Å²) in [6, 6.07) is 9.43. The van der Waals surface area contributed by atoms with E-state index in [1.807, 2.05) is 0 Å². The van der Waals surface area contributed by atoms with Gasteiger partial charge in [-0.15, -0.1) is 0 Å². The maximum absolute atomic E-state index is 12.4. The van der Waals surface area contributed by atoms with Crippen molar-refractivity contribution in [3.8, 4) is 5.75 Å². The predicted molar refractivity (Wildman–Crippen MR) is 92.6 cm³/mol. The molecule has 26 heavy (non-hydrogen) atoms. The van der Waals surface area contributed by atoms with Crippen molar-refractivity contribution >= 4 is 15.8 Å². The molecule has 1 fully saturated rings. The Labute approximate surface area is 150 Å². The molecule has 1 aromatic carbocycles. The fourth-order valence-electron chi connectivity index (χ4n) is 2.74.